The van der Waals surface area contributed by atoms with Gasteiger partial charge in [-0.05, 0) is 17.7 Å². The Bertz CT molecular complexity index is 627. The summed E-state index contributed by atoms with van der Waals surface area (Å²) in [6.07, 6.45) is 3.37. The van der Waals surface area contributed by atoms with Gasteiger partial charge in [0.15, 0.2) is 11.5 Å². The van der Waals surface area contributed by atoms with E-state index >= 15 is 0 Å². The molecular weight excluding hydrogens is 280 g/mol. The lowest BCUT2D eigenvalue weighted by Gasteiger charge is -2.15. The van der Waals surface area contributed by atoms with Crippen molar-refractivity contribution in [3.8, 4) is 11.5 Å². The summed E-state index contributed by atoms with van der Waals surface area (Å²) in [5.74, 6) is 1.66. The van der Waals surface area contributed by atoms with Gasteiger partial charge in [0.1, 0.15) is 11.9 Å². The molecule has 2 aromatic rings. The molecule has 0 radical (unpaired) electrons. The van der Waals surface area contributed by atoms with Gasteiger partial charge in [0.2, 0.25) is 0 Å². The first-order chi connectivity index (χ1) is 9.66. The van der Waals surface area contributed by atoms with E-state index in [4.69, 9.17) is 21.1 Å². The van der Waals surface area contributed by atoms with Crippen molar-refractivity contribution in [1.29, 1.82) is 0 Å². The minimum atomic E-state index is -0.857. The van der Waals surface area contributed by atoms with Gasteiger partial charge in [-0.15, -0.1) is 0 Å². The van der Waals surface area contributed by atoms with Crippen LogP contribution in [0, 0.1) is 0 Å². The fourth-order valence-electron chi connectivity index (χ4n) is 2.20. The van der Waals surface area contributed by atoms with E-state index in [9.17, 15) is 5.11 Å². The van der Waals surface area contributed by atoms with Crippen LogP contribution in [-0.2, 0) is 7.05 Å². The zero-order valence-corrected chi connectivity index (χ0v) is 11.8. The van der Waals surface area contributed by atoms with Gasteiger partial charge in [-0.3, -0.25) is 0 Å². The number of aliphatic hydroxyl groups excluding tert-OH is 1. The third-order valence-corrected chi connectivity index (χ3v) is 3.52. The van der Waals surface area contributed by atoms with Crippen molar-refractivity contribution in [2.24, 2.45) is 7.05 Å². The van der Waals surface area contributed by atoms with E-state index in [1.165, 1.54) is 0 Å². The Kier molecular flexibility index (Phi) is 3.54. The maximum atomic E-state index is 10.4. The van der Waals surface area contributed by atoms with Gasteiger partial charge in [-0.1, -0.05) is 11.6 Å². The molecule has 106 valence electrons. The van der Waals surface area contributed by atoms with Gasteiger partial charge in [0, 0.05) is 25.9 Å². The van der Waals surface area contributed by atoms with E-state index in [0.29, 0.717) is 41.1 Å². The summed E-state index contributed by atoms with van der Waals surface area (Å²) in [5, 5.41) is 10.9. The van der Waals surface area contributed by atoms with Crippen LogP contribution in [0.1, 0.15) is 23.9 Å². The second kappa shape index (κ2) is 5.34. The average Bonchev–Trinajstić information content (AvgIpc) is 2.72. The second-order valence-corrected chi connectivity index (χ2v) is 5.09. The minimum absolute atomic E-state index is 0.438. The van der Waals surface area contributed by atoms with E-state index in [-0.39, 0.29) is 0 Å². The third kappa shape index (κ3) is 2.34. The largest absolute Gasteiger partial charge is 0.489 e. The highest BCUT2D eigenvalue weighted by Gasteiger charge is 2.21. The van der Waals surface area contributed by atoms with Crippen LogP contribution in [0.3, 0.4) is 0 Å². The van der Waals surface area contributed by atoms with Gasteiger partial charge in [-0.2, -0.15) is 0 Å². The smallest absolute Gasteiger partial charge is 0.179 e. The fraction of sp³-hybridized carbons (Fsp3) is 0.357. The highest BCUT2D eigenvalue weighted by molar-refractivity contribution is 6.32. The third-order valence-electron chi connectivity index (χ3n) is 3.24. The molecule has 2 heterocycles. The fourth-order valence-corrected chi connectivity index (χ4v) is 2.47. The highest BCUT2D eigenvalue weighted by atomic mass is 35.5. The van der Waals surface area contributed by atoms with Crippen LogP contribution in [-0.4, -0.2) is 27.9 Å². The van der Waals surface area contributed by atoms with Crippen LogP contribution in [0.2, 0.25) is 5.02 Å². The normalized spacial score (nSPS) is 15.8. The molecule has 1 N–H and O–H groups in total. The number of rotatable bonds is 2. The van der Waals surface area contributed by atoms with Crippen molar-refractivity contribution in [1.82, 2.24) is 9.55 Å². The Morgan fingerprint density at radius 2 is 2.15 bits per heavy atom. The number of nitrogens with zero attached hydrogens (tertiary/aromatic N) is 2. The number of hydrogen-bond acceptors (Lipinski definition) is 4. The van der Waals surface area contributed by atoms with Crippen molar-refractivity contribution >= 4 is 11.6 Å². The first-order valence-corrected chi connectivity index (χ1v) is 6.79. The predicted octanol–water partition coefficient (Wildman–Crippen LogP) is 2.32. The Balaban J connectivity index is 2.01. The zero-order chi connectivity index (χ0) is 14.1. The van der Waals surface area contributed by atoms with Crippen LogP contribution in [0.5, 0.6) is 11.5 Å². The van der Waals surface area contributed by atoms with Crippen LogP contribution in [0.15, 0.2) is 24.5 Å². The summed E-state index contributed by atoms with van der Waals surface area (Å²) in [4.78, 5) is 4.15. The van der Waals surface area contributed by atoms with Gasteiger partial charge in [-0.25, -0.2) is 4.98 Å². The molecule has 0 saturated heterocycles. The molecule has 3 rings (SSSR count). The highest BCUT2D eigenvalue weighted by Crippen LogP contribution is 2.40. The molecular formula is C14H15ClN2O3. The number of aliphatic hydroxyl groups is 1. The minimum Gasteiger partial charge on any atom is -0.489 e. The van der Waals surface area contributed by atoms with Gasteiger partial charge < -0.3 is 19.1 Å². The second-order valence-electron chi connectivity index (χ2n) is 4.68. The number of hydrogen-bond donors (Lipinski definition) is 1. The Labute approximate surface area is 121 Å². The predicted molar refractivity (Wildman–Crippen MR) is 74.3 cm³/mol. The molecule has 6 heteroatoms. The molecule has 1 unspecified atom stereocenters. The number of ether oxygens (including phenoxy) is 2. The monoisotopic (exact) mass is 294 g/mol. The Morgan fingerprint density at radius 1 is 1.35 bits per heavy atom. The number of benzene rings is 1. The summed E-state index contributed by atoms with van der Waals surface area (Å²) >= 11 is 6.22. The molecule has 20 heavy (non-hydrogen) atoms. The number of fused-ring (bicyclic) bond motifs is 1. The first-order valence-electron chi connectivity index (χ1n) is 6.41. The first kappa shape index (κ1) is 13.3. The standard InChI is InChI=1S/C14H15ClN2O3/c1-17-4-3-16-14(17)12(18)9-7-10(15)13-11(8-9)19-5-2-6-20-13/h3-4,7-8,12,18H,2,5-6H2,1H3. The van der Waals surface area contributed by atoms with Crippen LogP contribution in [0.25, 0.3) is 0 Å². The molecule has 5 nitrogen and oxygen atoms in total. The molecule has 0 amide bonds. The molecule has 0 fully saturated rings. The van der Waals surface area contributed by atoms with E-state index in [1.807, 2.05) is 7.05 Å². The maximum absolute atomic E-state index is 10.4. The molecule has 0 saturated carbocycles. The van der Waals surface area contributed by atoms with Crippen molar-refractivity contribution < 1.29 is 14.6 Å². The summed E-state index contributed by atoms with van der Waals surface area (Å²) in [5.41, 5.74) is 0.633. The topological polar surface area (TPSA) is 56.5 Å². The van der Waals surface area contributed by atoms with Crippen molar-refractivity contribution in [2.45, 2.75) is 12.5 Å². The van der Waals surface area contributed by atoms with E-state index in [2.05, 4.69) is 4.98 Å². The summed E-state index contributed by atoms with van der Waals surface area (Å²) < 4.78 is 13.0. The van der Waals surface area contributed by atoms with Gasteiger partial charge >= 0.3 is 0 Å². The number of aromatic nitrogens is 2. The Hall–Kier alpha value is -1.72. The van der Waals surface area contributed by atoms with Gasteiger partial charge in [0.05, 0.1) is 18.2 Å². The zero-order valence-electron chi connectivity index (χ0n) is 11.0. The van der Waals surface area contributed by atoms with Gasteiger partial charge in [0.25, 0.3) is 0 Å². The lowest BCUT2D eigenvalue weighted by Crippen LogP contribution is -2.07. The average molecular weight is 295 g/mol. The summed E-state index contributed by atoms with van der Waals surface area (Å²) in [6.45, 7) is 1.15. The quantitative estimate of drug-likeness (QED) is 0.923. The van der Waals surface area contributed by atoms with Crippen molar-refractivity contribution in [3.05, 3.63) is 40.9 Å². The molecule has 1 aromatic carbocycles. The van der Waals surface area contributed by atoms with Crippen molar-refractivity contribution in [3.63, 3.8) is 0 Å². The number of aryl methyl sites for hydroxylation is 1. The van der Waals surface area contributed by atoms with E-state index in [1.54, 1.807) is 29.1 Å². The molecule has 1 aliphatic rings. The molecule has 1 aliphatic heterocycles. The molecule has 1 atom stereocenters. The van der Waals surface area contributed by atoms with Crippen LogP contribution < -0.4 is 9.47 Å². The van der Waals surface area contributed by atoms with E-state index in [0.717, 1.165) is 6.42 Å². The molecule has 0 bridgehead atoms. The number of imidazole rings is 1. The number of halogens is 1. The SMILES string of the molecule is Cn1ccnc1C(O)c1cc(Cl)c2c(c1)OCCCO2. The summed E-state index contributed by atoms with van der Waals surface area (Å²) in [6, 6.07) is 3.44. The van der Waals surface area contributed by atoms with Crippen LogP contribution in [0.4, 0.5) is 0 Å². The lowest BCUT2D eigenvalue weighted by atomic mass is 10.1. The Morgan fingerprint density at radius 3 is 2.90 bits per heavy atom. The van der Waals surface area contributed by atoms with Crippen LogP contribution >= 0.6 is 11.6 Å². The summed E-state index contributed by atoms with van der Waals surface area (Å²) in [7, 11) is 1.83. The molecule has 1 aromatic heterocycles. The van der Waals surface area contributed by atoms with E-state index < -0.39 is 6.10 Å². The molecule has 0 aliphatic carbocycles. The molecule has 0 spiro atoms. The van der Waals surface area contributed by atoms with Crippen molar-refractivity contribution in [2.75, 3.05) is 13.2 Å². The maximum Gasteiger partial charge on any atom is 0.179 e. The lowest BCUT2D eigenvalue weighted by molar-refractivity contribution is 0.205.